The van der Waals surface area contributed by atoms with Crippen LogP contribution in [0.4, 0.5) is 0 Å². The zero-order valence-electron chi connectivity index (χ0n) is 12.0. The third-order valence-electron chi connectivity index (χ3n) is 3.52. The molecule has 2 N–H and O–H groups in total. The molecule has 0 bridgehead atoms. The van der Waals surface area contributed by atoms with E-state index in [4.69, 9.17) is 33.7 Å². The molecular weight excluding hydrogens is 305 g/mol. The van der Waals surface area contributed by atoms with Crippen LogP contribution in [-0.2, 0) is 12.8 Å². The molecule has 2 aromatic rings. The van der Waals surface area contributed by atoms with Crippen LogP contribution in [0.25, 0.3) is 0 Å². The lowest BCUT2D eigenvalue weighted by Crippen LogP contribution is -2.19. The Hall–Kier alpha value is -1.22. The van der Waals surface area contributed by atoms with E-state index >= 15 is 0 Å². The van der Waals surface area contributed by atoms with E-state index in [9.17, 15) is 0 Å². The molecule has 2 nitrogen and oxygen atoms in total. The fourth-order valence-corrected chi connectivity index (χ4v) is 2.73. The predicted molar refractivity (Wildman–Crippen MR) is 89.4 cm³/mol. The molecule has 0 amide bonds. The van der Waals surface area contributed by atoms with Crippen molar-refractivity contribution in [1.82, 2.24) is 0 Å². The molecule has 1 atom stereocenters. The molecule has 1 unspecified atom stereocenters. The van der Waals surface area contributed by atoms with Gasteiger partial charge in [0.05, 0.1) is 7.11 Å². The first-order chi connectivity index (χ1) is 10.1. The molecule has 0 aliphatic rings. The van der Waals surface area contributed by atoms with Gasteiger partial charge in [0.15, 0.2) is 0 Å². The van der Waals surface area contributed by atoms with Crippen molar-refractivity contribution >= 4 is 23.2 Å². The lowest BCUT2D eigenvalue weighted by Gasteiger charge is -2.17. The second kappa shape index (κ2) is 7.69. The molecule has 0 saturated heterocycles. The van der Waals surface area contributed by atoms with Crippen molar-refractivity contribution in [3.05, 3.63) is 63.6 Å². The average Bonchev–Trinajstić information content (AvgIpc) is 2.49. The van der Waals surface area contributed by atoms with Crippen LogP contribution in [0.3, 0.4) is 0 Å². The minimum absolute atomic E-state index is 0.332. The molecule has 21 heavy (non-hydrogen) atoms. The Morgan fingerprint density at radius 1 is 1.00 bits per heavy atom. The highest BCUT2D eigenvalue weighted by molar-refractivity contribution is 6.30. The van der Waals surface area contributed by atoms with Gasteiger partial charge in [0, 0.05) is 10.0 Å². The number of nitrogens with two attached hydrogens (primary N) is 1. The molecule has 0 heterocycles. The van der Waals surface area contributed by atoms with Gasteiger partial charge < -0.3 is 10.5 Å². The number of halogens is 2. The summed E-state index contributed by atoms with van der Waals surface area (Å²) < 4.78 is 5.39. The van der Waals surface area contributed by atoms with Gasteiger partial charge in [0.2, 0.25) is 0 Å². The topological polar surface area (TPSA) is 35.2 Å². The SMILES string of the molecule is COc1ccc(Cl)cc1CC(CN)Cc1ccc(Cl)cc1. The highest BCUT2D eigenvalue weighted by atomic mass is 35.5. The summed E-state index contributed by atoms with van der Waals surface area (Å²) in [6.45, 7) is 0.609. The summed E-state index contributed by atoms with van der Waals surface area (Å²) in [6, 6.07) is 13.6. The van der Waals surface area contributed by atoms with Gasteiger partial charge in [-0.2, -0.15) is 0 Å². The monoisotopic (exact) mass is 323 g/mol. The molecule has 0 radical (unpaired) electrons. The quantitative estimate of drug-likeness (QED) is 0.857. The van der Waals surface area contributed by atoms with Gasteiger partial charge in [-0.1, -0.05) is 35.3 Å². The molecule has 0 aliphatic carbocycles. The van der Waals surface area contributed by atoms with Crippen LogP contribution in [0.1, 0.15) is 11.1 Å². The molecule has 2 aromatic carbocycles. The lowest BCUT2D eigenvalue weighted by atomic mass is 9.92. The number of rotatable bonds is 6. The molecular formula is C17H19Cl2NO. The lowest BCUT2D eigenvalue weighted by molar-refractivity contribution is 0.404. The maximum Gasteiger partial charge on any atom is 0.122 e. The first kappa shape index (κ1) is 16.2. The standard InChI is InChI=1S/C17H19Cl2NO/c1-21-17-7-6-16(19)10-14(17)9-13(11-20)8-12-2-4-15(18)5-3-12/h2-7,10,13H,8-9,11,20H2,1H3. The summed E-state index contributed by atoms with van der Waals surface area (Å²) in [6.07, 6.45) is 1.74. The van der Waals surface area contributed by atoms with Gasteiger partial charge in [-0.15, -0.1) is 0 Å². The van der Waals surface area contributed by atoms with Crippen LogP contribution in [0, 0.1) is 5.92 Å². The highest BCUT2D eigenvalue weighted by Gasteiger charge is 2.13. The summed E-state index contributed by atoms with van der Waals surface area (Å²) in [5.74, 6) is 1.19. The molecule has 0 fully saturated rings. The van der Waals surface area contributed by atoms with Crippen LogP contribution in [0.2, 0.25) is 10.0 Å². The van der Waals surface area contributed by atoms with Gasteiger partial charge in [-0.25, -0.2) is 0 Å². The van der Waals surface area contributed by atoms with E-state index in [1.165, 1.54) is 5.56 Å². The number of methoxy groups -OCH3 is 1. The van der Waals surface area contributed by atoms with Gasteiger partial charge in [0.25, 0.3) is 0 Å². The summed E-state index contributed by atoms with van der Waals surface area (Å²) in [5.41, 5.74) is 8.25. The third-order valence-corrected chi connectivity index (χ3v) is 4.01. The largest absolute Gasteiger partial charge is 0.496 e. The Kier molecular flexibility index (Phi) is 5.92. The second-order valence-corrected chi connectivity index (χ2v) is 5.97. The van der Waals surface area contributed by atoms with Gasteiger partial charge >= 0.3 is 0 Å². The number of benzene rings is 2. The van der Waals surface area contributed by atoms with Gasteiger partial charge in [0.1, 0.15) is 5.75 Å². The van der Waals surface area contributed by atoms with Gasteiger partial charge in [-0.05, 0) is 66.8 Å². The number of hydrogen-bond donors (Lipinski definition) is 1. The van der Waals surface area contributed by atoms with E-state index < -0.39 is 0 Å². The molecule has 0 aromatic heterocycles. The van der Waals surface area contributed by atoms with Crippen molar-refractivity contribution in [2.75, 3.05) is 13.7 Å². The highest BCUT2D eigenvalue weighted by Crippen LogP contribution is 2.26. The van der Waals surface area contributed by atoms with Crippen molar-refractivity contribution in [3.8, 4) is 5.75 Å². The van der Waals surface area contributed by atoms with Gasteiger partial charge in [-0.3, -0.25) is 0 Å². The minimum Gasteiger partial charge on any atom is -0.496 e. The Bertz CT molecular complexity index is 584. The molecule has 2 rings (SSSR count). The van der Waals surface area contributed by atoms with Crippen LogP contribution in [0.5, 0.6) is 5.75 Å². The summed E-state index contributed by atoms with van der Waals surface area (Å²) >= 11 is 12.0. The minimum atomic E-state index is 0.332. The van der Waals surface area contributed by atoms with E-state index in [2.05, 4.69) is 0 Å². The fraction of sp³-hybridized carbons (Fsp3) is 0.294. The maximum absolute atomic E-state index is 6.08. The summed E-state index contributed by atoms with van der Waals surface area (Å²) in [4.78, 5) is 0. The zero-order chi connectivity index (χ0) is 15.2. The molecule has 0 aliphatic heterocycles. The summed E-state index contributed by atoms with van der Waals surface area (Å²) in [7, 11) is 1.67. The van der Waals surface area contributed by atoms with Crippen LogP contribution in [-0.4, -0.2) is 13.7 Å². The fourth-order valence-electron chi connectivity index (χ4n) is 2.41. The Morgan fingerprint density at radius 2 is 1.67 bits per heavy atom. The van der Waals surface area contributed by atoms with E-state index in [1.54, 1.807) is 7.11 Å². The van der Waals surface area contributed by atoms with Crippen molar-refractivity contribution in [2.45, 2.75) is 12.8 Å². The Labute approximate surface area is 135 Å². The third kappa shape index (κ3) is 4.63. The first-order valence-corrected chi connectivity index (χ1v) is 7.65. The smallest absolute Gasteiger partial charge is 0.122 e. The van der Waals surface area contributed by atoms with Crippen LogP contribution in [0.15, 0.2) is 42.5 Å². The Morgan fingerprint density at radius 3 is 2.29 bits per heavy atom. The van der Waals surface area contributed by atoms with Crippen LogP contribution >= 0.6 is 23.2 Å². The zero-order valence-corrected chi connectivity index (χ0v) is 13.5. The molecule has 0 saturated carbocycles. The summed E-state index contributed by atoms with van der Waals surface area (Å²) in [5, 5.41) is 1.47. The normalized spacial score (nSPS) is 12.2. The van der Waals surface area contributed by atoms with Crippen molar-refractivity contribution in [3.63, 3.8) is 0 Å². The molecule has 112 valence electrons. The number of hydrogen-bond acceptors (Lipinski definition) is 2. The average molecular weight is 324 g/mol. The van der Waals surface area contributed by atoms with E-state index in [-0.39, 0.29) is 0 Å². The van der Waals surface area contributed by atoms with Crippen molar-refractivity contribution in [1.29, 1.82) is 0 Å². The maximum atomic E-state index is 6.08. The van der Waals surface area contributed by atoms with E-state index in [0.717, 1.165) is 29.2 Å². The second-order valence-electron chi connectivity index (χ2n) is 5.09. The van der Waals surface area contributed by atoms with Crippen molar-refractivity contribution < 1.29 is 4.74 Å². The molecule has 4 heteroatoms. The van der Waals surface area contributed by atoms with E-state index in [0.29, 0.717) is 17.5 Å². The number of ether oxygens (including phenoxy) is 1. The van der Waals surface area contributed by atoms with Crippen LogP contribution < -0.4 is 10.5 Å². The predicted octanol–water partition coefficient (Wildman–Crippen LogP) is 4.36. The van der Waals surface area contributed by atoms with E-state index in [1.807, 2.05) is 42.5 Å². The first-order valence-electron chi connectivity index (χ1n) is 6.89. The van der Waals surface area contributed by atoms with Crippen molar-refractivity contribution in [2.24, 2.45) is 11.7 Å². The Balaban J connectivity index is 2.11. The molecule has 0 spiro atoms.